The van der Waals surface area contributed by atoms with Crippen molar-refractivity contribution in [2.45, 2.75) is 48.3 Å². The highest BCUT2D eigenvalue weighted by Crippen LogP contribution is 2.27. The zero-order valence-corrected chi connectivity index (χ0v) is 17.2. The Morgan fingerprint density at radius 2 is 1.50 bits per heavy atom. The van der Waals surface area contributed by atoms with E-state index >= 15 is 0 Å². The molecule has 6 nitrogen and oxygen atoms in total. The smallest absolute Gasteiger partial charge is 0.261 e. The van der Waals surface area contributed by atoms with Gasteiger partial charge < -0.3 is 0 Å². The molecule has 1 aliphatic heterocycles. The summed E-state index contributed by atoms with van der Waals surface area (Å²) in [6.07, 6.45) is 5.66. The van der Waals surface area contributed by atoms with Gasteiger partial charge in [-0.15, -0.1) is 0 Å². The number of rotatable bonds is 5. The molecule has 0 bridgehead atoms. The summed E-state index contributed by atoms with van der Waals surface area (Å²) in [7, 11) is -7.39. The van der Waals surface area contributed by atoms with Crippen LogP contribution in [0.1, 0.15) is 36.8 Å². The Labute approximate surface area is 166 Å². The number of nitrogens with one attached hydrogen (secondary N) is 1. The third-order valence-corrected chi connectivity index (χ3v) is 8.69. The number of hydrogen-bond donors (Lipinski definition) is 1. The fourth-order valence-electron chi connectivity index (χ4n) is 3.90. The van der Waals surface area contributed by atoms with Crippen molar-refractivity contribution in [1.82, 2.24) is 4.31 Å². The van der Waals surface area contributed by atoms with E-state index in [9.17, 15) is 16.8 Å². The van der Waals surface area contributed by atoms with E-state index in [-0.39, 0.29) is 15.5 Å². The van der Waals surface area contributed by atoms with Gasteiger partial charge in [-0.3, -0.25) is 4.72 Å². The van der Waals surface area contributed by atoms with Crippen LogP contribution in [0.25, 0.3) is 0 Å². The molecule has 0 atom stereocenters. The summed E-state index contributed by atoms with van der Waals surface area (Å²) in [5.41, 5.74) is 2.52. The Hall–Kier alpha value is -1.90. The third-order valence-electron chi connectivity index (χ3n) is 5.42. The third kappa shape index (κ3) is 3.81. The van der Waals surface area contributed by atoms with E-state index in [0.717, 1.165) is 44.1 Å². The topological polar surface area (TPSA) is 83.5 Å². The first-order chi connectivity index (χ1) is 13.4. The van der Waals surface area contributed by atoms with E-state index in [1.54, 1.807) is 24.3 Å². The minimum atomic E-state index is -3.78. The van der Waals surface area contributed by atoms with E-state index in [1.165, 1.54) is 22.0 Å². The van der Waals surface area contributed by atoms with Gasteiger partial charge in [-0.1, -0.05) is 18.6 Å². The number of sulfonamides is 2. The van der Waals surface area contributed by atoms with Crippen LogP contribution in [0, 0.1) is 0 Å². The van der Waals surface area contributed by atoms with Crippen molar-refractivity contribution < 1.29 is 16.8 Å². The Balaban J connectivity index is 1.59. The van der Waals surface area contributed by atoms with Crippen molar-refractivity contribution >= 4 is 25.7 Å². The minimum Gasteiger partial charge on any atom is -0.280 e. The Kier molecular flexibility index (Phi) is 5.20. The standard InChI is InChI=1S/C20H24N2O4S2/c23-27(24,19-11-10-16-6-4-7-17(16)14-19)21-18-8-5-9-20(15-18)28(25,26)22-12-2-1-3-13-22/h5,8-11,14-15,21H,1-4,6-7,12-13H2. The lowest BCUT2D eigenvalue weighted by molar-refractivity contribution is 0.346. The summed E-state index contributed by atoms with van der Waals surface area (Å²) in [4.78, 5) is 0.320. The first-order valence-corrected chi connectivity index (χ1v) is 12.5. The molecule has 28 heavy (non-hydrogen) atoms. The molecule has 0 aromatic heterocycles. The van der Waals surface area contributed by atoms with Crippen LogP contribution < -0.4 is 4.72 Å². The van der Waals surface area contributed by atoms with Crippen LogP contribution in [-0.4, -0.2) is 34.2 Å². The molecule has 2 aliphatic rings. The van der Waals surface area contributed by atoms with Crippen molar-refractivity contribution in [3.63, 3.8) is 0 Å². The number of piperidine rings is 1. The predicted octanol–water partition coefficient (Wildman–Crippen LogP) is 3.15. The molecule has 0 saturated carbocycles. The number of benzene rings is 2. The Morgan fingerprint density at radius 1 is 0.750 bits per heavy atom. The SMILES string of the molecule is O=S(=O)(Nc1cccc(S(=O)(=O)N2CCCCC2)c1)c1ccc2c(c1)CCC2. The molecule has 1 saturated heterocycles. The molecular weight excluding hydrogens is 396 g/mol. The van der Waals surface area contributed by atoms with Gasteiger partial charge in [-0.2, -0.15) is 4.31 Å². The summed E-state index contributed by atoms with van der Waals surface area (Å²) in [6, 6.07) is 11.2. The molecule has 150 valence electrons. The normalized spacial score (nSPS) is 18.0. The number of anilines is 1. The molecule has 1 aliphatic carbocycles. The van der Waals surface area contributed by atoms with Crippen LogP contribution in [-0.2, 0) is 32.9 Å². The van der Waals surface area contributed by atoms with Gasteiger partial charge in [0, 0.05) is 13.1 Å². The van der Waals surface area contributed by atoms with Gasteiger partial charge in [0.2, 0.25) is 10.0 Å². The summed E-state index contributed by atoms with van der Waals surface area (Å²) >= 11 is 0. The summed E-state index contributed by atoms with van der Waals surface area (Å²) < 4.78 is 55.3. The minimum absolute atomic E-state index is 0.114. The maximum atomic E-state index is 12.9. The molecule has 8 heteroatoms. The van der Waals surface area contributed by atoms with Gasteiger partial charge >= 0.3 is 0 Å². The Morgan fingerprint density at radius 3 is 2.29 bits per heavy atom. The number of fused-ring (bicyclic) bond motifs is 1. The van der Waals surface area contributed by atoms with Gasteiger partial charge in [0.05, 0.1) is 15.5 Å². The lowest BCUT2D eigenvalue weighted by atomic mass is 10.1. The number of aryl methyl sites for hydroxylation is 2. The van der Waals surface area contributed by atoms with E-state index in [1.807, 2.05) is 6.07 Å². The maximum Gasteiger partial charge on any atom is 0.261 e. The first-order valence-electron chi connectivity index (χ1n) is 9.61. The Bertz CT molecular complexity index is 1090. The highest BCUT2D eigenvalue weighted by Gasteiger charge is 2.26. The molecule has 1 fully saturated rings. The molecular formula is C20H24N2O4S2. The van der Waals surface area contributed by atoms with Crippen LogP contribution in [0.5, 0.6) is 0 Å². The van der Waals surface area contributed by atoms with Crippen molar-refractivity contribution in [2.24, 2.45) is 0 Å². The summed E-state index contributed by atoms with van der Waals surface area (Å²) in [5.74, 6) is 0. The highest BCUT2D eigenvalue weighted by atomic mass is 32.2. The molecule has 2 aromatic rings. The average molecular weight is 421 g/mol. The zero-order chi connectivity index (χ0) is 19.8. The zero-order valence-electron chi connectivity index (χ0n) is 15.6. The summed E-state index contributed by atoms with van der Waals surface area (Å²) in [6.45, 7) is 1.01. The largest absolute Gasteiger partial charge is 0.280 e. The lowest BCUT2D eigenvalue weighted by Gasteiger charge is -2.26. The second-order valence-electron chi connectivity index (χ2n) is 7.38. The van der Waals surface area contributed by atoms with Gasteiger partial charge in [0.1, 0.15) is 0 Å². The van der Waals surface area contributed by atoms with Crippen molar-refractivity contribution in [3.05, 3.63) is 53.6 Å². The molecule has 0 unspecified atom stereocenters. The van der Waals surface area contributed by atoms with Crippen molar-refractivity contribution in [3.8, 4) is 0 Å². The molecule has 4 rings (SSSR count). The van der Waals surface area contributed by atoms with Crippen molar-refractivity contribution in [2.75, 3.05) is 17.8 Å². The molecule has 0 radical (unpaired) electrons. The lowest BCUT2D eigenvalue weighted by Crippen LogP contribution is -2.35. The van der Waals surface area contributed by atoms with Gasteiger partial charge in [-0.25, -0.2) is 16.8 Å². The van der Waals surface area contributed by atoms with E-state index in [0.29, 0.717) is 13.1 Å². The number of nitrogens with zero attached hydrogens (tertiary/aromatic N) is 1. The molecule has 2 aromatic carbocycles. The van der Waals surface area contributed by atoms with Gasteiger partial charge in [-0.05, 0) is 73.6 Å². The molecule has 1 N–H and O–H groups in total. The molecule has 0 amide bonds. The molecule has 1 heterocycles. The van der Waals surface area contributed by atoms with E-state index < -0.39 is 20.0 Å². The summed E-state index contributed by atoms with van der Waals surface area (Å²) in [5, 5.41) is 0. The number of hydrogen-bond acceptors (Lipinski definition) is 4. The first kappa shape index (κ1) is 19.4. The van der Waals surface area contributed by atoms with Crippen LogP contribution in [0.3, 0.4) is 0 Å². The monoisotopic (exact) mass is 420 g/mol. The highest BCUT2D eigenvalue weighted by molar-refractivity contribution is 7.92. The second-order valence-corrected chi connectivity index (χ2v) is 11.0. The average Bonchev–Trinajstić information content (AvgIpc) is 3.16. The van der Waals surface area contributed by atoms with Crippen LogP contribution in [0.2, 0.25) is 0 Å². The van der Waals surface area contributed by atoms with E-state index in [2.05, 4.69) is 4.72 Å². The van der Waals surface area contributed by atoms with Crippen molar-refractivity contribution in [1.29, 1.82) is 0 Å². The quantitative estimate of drug-likeness (QED) is 0.805. The van der Waals surface area contributed by atoms with Crippen LogP contribution in [0.4, 0.5) is 5.69 Å². The fraction of sp³-hybridized carbons (Fsp3) is 0.400. The molecule has 0 spiro atoms. The predicted molar refractivity (Wildman–Crippen MR) is 108 cm³/mol. The van der Waals surface area contributed by atoms with Crippen LogP contribution in [0.15, 0.2) is 52.3 Å². The van der Waals surface area contributed by atoms with Gasteiger partial charge in [0.15, 0.2) is 0 Å². The fourth-order valence-corrected chi connectivity index (χ4v) is 6.57. The van der Waals surface area contributed by atoms with E-state index in [4.69, 9.17) is 0 Å². The van der Waals surface area contributed by atoms with Crippen LogP contribution >= 0.6 is 0 Å². The second kappa shape index (κ2) is 7.50. The maximum absolute atomic E-state index is 12.9. The van der Waals surface area contributed by atoms with Gasteiger partial charge in [0.25, 0.3) is 10.0 Å².